The highest BCUT2D eigenvalue weighted by Crippen LogP contribution is 2.46. The van der Waals surface area contributed by atoms with Gasteiger partial charge in [-0.05, 0) is 73.5 Å². The third-order valence-corrected chi connectivity index (χ3v) is 5.75. The highest BCUT2D eigenvalue weighted by molar-refractivity contribution is 5.91. The Morgan fingerprint density at radius 2 is 1.16 bits per heavy atom. The zero-order valence-corrected chi connectivity index (χ0v) is 22.9. The van der Waals surface area contributed by atoms with Gasteiger partial charge in [-0.25, -0.2) is 9.59 Å². The van der Waals surface area contributed by atoms with E-state index in [1.54, 1.807) is 62.4 Å². The molecule has 0 saturated carbocycles. The van der Waals surface area contributed by atoms with E-state index >= 15 is 0 Å². The molecule has 3 rings (SSSR count). The minimum atomic E-state index is -6.41. The van der Waals surface area contributed by atoms with Gasteiger partial charge < -0.3 is 18.9 Å². The molecule has 0 aromatic heterocycles. The number of hydrogen-bond acceptors (Lipinski definition) is 6. The lowest BCUT2D eigenvalue weighted by Gasteiger charge is -2.27. The molecule has 13 heteroatoms. The van der Waals surface area contributed by atoms with Crippen LogP contribution < -0.4 is 9.47 Å². The standard InChI is InChI=1S/C30H27F7O6/c1-19(2)42-26(38)22-6-4-20(5-7-22)21-8-14-25(15-9-21)43-27(39)23-10-12-24(13-11-23)41-17-3-16-40-18-28(31,32)29(33,34)30(35,36)37/h4-15,19H,3,16-18H2,1-2H3. The van der Waals surface area contributed by atoms with Crippen molar-refractivity contribution in [2.24, 2.45) is 0 Å². The summed E-state index contributed by atoms with van der Waals surface area (Å²) < 4.78 is 109. The van der Waals surface area contributed by atoms with Crippen LogP contribution in [-0.4, -0.2) is 55.9 Å². The van der Waals surface area contributed by atoms with Gasteiger partial charge in [-0.2, -0.15) is 30.7 Å². The summed E-state index contributed by atoms with van der Waals surface area (Å²) in [6.45, 7) is 0.743. The number of benzene rings is 3. The molecule has 0 heterocycles. The zero-order valence-electron chi connectivity index (χ0n) is 22.9. The molecule has 0 aliphatic rings. The van der Waals surface area contributed by atoms with Crippen LogP contribution >= 0.6 is 0 Å². The summed E-state index contributed by atoms with van der Waals surface area (Å²) in [5.41, 5.74) is 2.27. The molecule has 0 amide bonds. The van der Waals surface area contributed by atoms with Crippen molar-refractivity contribution in [2.75, 3.05) is 19.8 Å². The van der Waals surface area contributed by atoms with E-state index in [-0.39, 0.29) is 36.2 Å². The number of alkyl halides is 7. The van der Waals surface area contributed by atoms with E-state index in [2.05, 4.69) is 4.74 Å². The monoisotopic (exact) mass is 616 g/mol. The van der Waals surface area contributed by atoms with Gasteiger partial charge in [0.05, 0.1) is 30.4 Å². The van der Waals surface area contributed by atoms with Gasteiger partial charge >= 0.3 is 30.0 Å². The Kier molecular flexibility index (Phi) is 10.8. The van der Waals surface area contributed by atoms with Gasteiger partial charge in [-0.1, -0.05) is 24.3 Å². The highest BCUT2D eigenvalue weighted by Gasteiger charge is 2.72. The van der Waals surface area contributed by atoms with Crippen molar-refractivity contribution in [3.63, 3.8) is 0 Å². The van der Waals surface area contributed by atoms with Crippen molar-refractivity contribution in [1.29, 1.82) is 0 Å². The fraction of sp³-hybridized carbons (Fsp3) is 0.333. The topological polar surface area (TPSA) is 71.1 Å². The fourth-order valence-corrected chi connectivity index (χ4v) is 3.50. The van der Waals surface area contributed by atoms with E-state index in [0.29, 0.717) is 5.56 Å². The second-order valence-electron chi connectivity index (χ2n) is 9.50. The average molecular weight is 617 g/mol. The Labute approximate surface area is 242 Å². The molecule has 0 bridgehead atoms. The molecule has 0 saturated heterocycles. The second-order valence-corrected chi connectivity index (χ2v) is 9.50. The molecule has 0 N–H and O–H groups in total. The Morgan fingerprint density at radius 3 is 1.70 bits per heavy atom. The number of carbonyl (C=O) groups excluding carboxylic acids is 2. The van der Waals surface area contributed by atoms with E-state index in [4.69, 9.17) is 14.2 Å². The van der Waals surface area contributed by atoms with Crippen LogP contribution in [0.3, 0.4) is 0 Å². The van der Waals surface area contributed by atoms with Gasteiger partial charge in [0.25, 0.3) is 0 Å². The first kappa shape index (κ1) is 33.4. The molecule has 0 aliphatic carbocycles. The number of esters is 2. The van der Waals surface area contributed by atoms with E-state index in [1.807, 2.05) is 0 Å². The zero-order chi connectivity index (χ0) is 31.8. The summed E-state index contributed by atoms with van der Waals surface area (Å²) >= 11 is 0. The number of carbonyl (C=O) groups is 2. The minimum absolute atomic E-state index is 0.0811. The molecule has 0 fully saturated rings. The van der Waals surface area contributed by atoms with E-state index in [1.165, 1.54) is 24.3 Å². The van der Waals surface area contributed by atoms with Crippen LogP contribution in [0.1, 0.15) is 41.0 Å². The van der Waals surface area contributed by atoms with E-state index in [0.717, 1.165) is 11.1 Å². The second kappa shape index (κ2) is 13.9. The normalized spacial score (nSPS) is 12.2. The fourth-order valence-electron chi connectivity index (χ4n) is 3.50. The molecule has 43 heavy (non-hydrogen) atoms. The van der Waals surface area contributed by atoms with Crippen molar-refractivity contribution in [1.82, 2.24) is 0 Å². The lowest BCUT2D eigenvalue weighted by atomic mass is 10.0. The molecule has 3 aromatic carbocycles. The highest BCUT2D eigenvalue weighted by atomic mass is 19.4. The maximum absolute atomic E-state index is 13.2. The first-order valence-corrected chi connectivity index (χ1v) is 12.9. The molecule has 0 atom stereocenters. The molecule has 3 aromatic rings. The maximum atomic E-state index is 13.2. The average Bonchev–Trinajstić information content (AvgIpc) is 2.94. The summed E-state index contributed by atoms with van der Waals surface area (Å²) in [7, 11) is 0. The number of ether oxygens (including phenoxy) is 4. The molecule has 0 aliphatic heterocycles. The summed E-state index contributed by atoms with van der Waals surface area (Å²) in [6, 6.07) is 19.2. The third kappa shape index (κ3) is 8.93. The molecular weight excluding hydrogens is 589 g/mol. The van der Waals surface area contributed by atoms with Crippen molar-refractivity contribution < 1.29 is 59.3 Å². The summed E-state index contributed by atoms with van der Waals surface area (Å²) in [6.07, 6.45) is -6.72. The summed E-state index contributed by atoms with van der Waals surface area (Å²) in [5.74, 6) is -12.2. The van der Waals surface area contributed by atoms with Gasteiger partial charge in [0, 0.05) is 6.42 Å². The van der Waals surface area contributed by atoms with Gasteiger partial charge in [-0.3, -0.25) is 0 Å². The van der Waals surface area contributed by atoms with Crippen molar-refractivity contribution in [3.05, 3.63) is 83.9 Å². The van der Waals surface area contributed by atoms with Crippen LogP contribution in [0.5, 0.6) is 11.5 Å². The minimum Gasteiger partial charge on any atom is -0.494 e. The largest absolute Gasteiger partial charge is 0.494 e. The molecule has 6 nitrogen and oxygen atoms in total. The number of halogens is 7. The Bertz CT molecular complexity index is 1350. The van der Waals surface area contributed by atoms with Crippen molar-refractivity contribution in [3.8, 4) is 22.6 Å². The summed E-state index contributed by atoms with van der Waals surface area (Å²) in [4.78, 5) is 24.5. The number of hydrogen-bond donors (Lipinski definition) is 0. The predicted molar refractivity (Wildman–Crippen MR) is 141 cm³/mol. The lowest BCUT2D eigenvalue weighted by Crippen LogP contribution is -2.54. The molecule has 0 unspecified atom stereocenters. The van der Waals surface area contributed by atoms with Crippen molar-refractivity contribution in [2.45, 2.75) is 44.4 Å². The van der Waals surface area contributed by atoms with Crippen LogP contribution in [0, 0.1) is 0 Å². The van der Waals surface area contributed by atoms with Gasteiger partial charge in [-0.15, -0.1) is 0 Å². The van der Waals surface area contributed by atoms with Crippen LogP contribution in [-0.2, 0) is 9.47 Å². The van der Waals surface area contributed by atoms with Gasteiger partial charge in [0.15, 0.2) is 0 Å². The Balaban J connectivity index is 1.43. The van der Waals surface area contributed by atoms with Crippen LogP contribution in [0.4, 0.5) is 30.7 Å². The molecule has 0 spiro atoms. The first-order chi connectivity index (χ1) is 20.1. The van der Waals surface area contributed by atoms with Crippen LogP contribution in [0.25, 0.3) is 11.1 Å². The van der Waals surface area contributed by atoms with E-state index in [9.17, 15) is 40.3 Å². The summed E-state index contributed by atoms with van der Waals surface area (Å²) in [5, 5.41) is 0. The van der Waals surface area contributed by atoms with Crippen molar-refractivity contribution >= 4 is 11.9 Å². The van der Waals surface area contributed by atoms with Gasteiger partial charge in [0.2, 0.25) is 0 Å². The molecule has 232 valence electrons. The number of rotatable bonds is 13. The Hall–Kier alpha value is -4.13. The lowest BCUT2D eigenvalue weighted by molar-refractivity contribution is -0.361. The van der Waals surface area contributed by atoms with Crippen LogP contribution in [0.15, 0.2) is 72.8 Å². The van der Waals surface area contributed by atoms with E-state index < -0.39 is 43.2 Å². The molecule has 0 radical (unpaired) electrons. The third-order valence-electron chi connectivity index (χ3n) is 5.75. The quantitative estimate of drug-likeness (QED) is 0.0847. The van der Waals surface area contributed by atoms with Gasteiger partial charge in [0.1, 0.15) is 18.1 Å². The predicted octanol–water partition coefficient (Wildman–Crippen LogP) is 7.76. The maximum Gasteiger partial charge on any atom is 0.459 e. The Morgan fingerprint density at radius 1 is 0.674 bits per heavy atom. The smallest absolute Gasteiger partial charge is 0.459 e. The van der Waals surface area contributed by atoms with Crippen LogP contribution in [0.2, 0.25) is 0 Å². The molecular formula is C30H27F7O6. The SMILES string of the molecule is CC(C)OC(=O)c1ccc(-c2ccc(OC(=O)c3ccc(OCCCOCC(F)(F)C(F)(F)C(F)(F)F)cc3)cc2)cc1. The first-order valence-electron chi connectivity index (χ1n) is 12.9.